The van der Waals surface area contributed by atoms with Crippen molar-refractivity contribution < 1.29 is 4.79 Å². The highest BCUT2D eigenvalue weighted by Crippen LogP contribution is 2.15. The van der Waals surface area contributed by atoms with Gasteiger partial charge in [-0.15, -0.1) is 0 Å². The summed E-state index contributed by atoms with van der Waals surface area (Å²) in [6, 6.07) is 7.68. The van der Waals surface area contributed by atoms with E-state index in [0.29, 0.717) is 13.0 Å². The highest BCUT2D eigenvalue weighted by atomic mass is 16.1. The predicted molar refractivity (Wildman–Crippen MR) is 67.5 cm³/mol. The summed E-state index contributed by atoms with van der Waals surface area (Å²) in [6.07, 6.45) is 1.43. The molecule has 4 N–H and O–H groups in total. The van der Waals surface area contributed by atoms with Crippen LogP contribution in [0.4, 0.5) is 11.4 Å². The van der Waals surface area contributed by atoms with Crippen LogP contribution in [0.15, 0.2) is 24.3 Å². The van der Waals surface area contributed by atoms with Crippen LogP contribution in [0, 0.1) is 0 Å². The van der Waals surface area contributed by atoms with Crippen LogP contribution in [-0.4, -0.2) is 19.0 Å². The molecule has 1 aromatic rings. The Hall–Kier alpha value is -1.55. The third-order valence-electron chi connectivity index (χ3n) is 2.18. The Morgan fingerprint density at radius 1 is 1.38 bits per heavy atom. The van der Waals surface area contributed by atoms with E-state index in [2.05, 4.69) is 10.6 Å². The Bertz CT molecular complexity index is 339. The fraction of sp³-hybridized carbons (Fsp3) is 0.417. The molecule has 1 amide bonds. The number of nitrogens with two attached hydrogens (primary N) is 1. The minimum atomic E-state index is 0.0270. The van der Waals surface area contributed by atoms with Crippen LogP contribution >= 0.6 is 0 Å². The number of anilines is 2. The summed E-state index contributed by atoms with van der Waals surface area (Å²) in [7, 11) is 0. The van der Waals surface area contributed by atoms with E-state index in [1.807, 2.05) is 31.2 Å². The predicted octanol–water partition coefficient (Wildman–Crippen LogP) is 1.80. The molecule has 16 heavy (non-hydrogen) atoms. The van der Waals surface area contributed by atoms with Crippen LogP contribution in [0.3, 0.4) is 0 Å². The van der Waals surface area contributed by atoms with Crippen LogP contribution in [-0.2, 0) is 4.79 Å². The van der Waals surface area contributed by atoms with Crippen LogP contribution in [0.1, 0.15) is 19.8 Å². The lowest BCUT2D eigenvalue weighted by Gasteiger charge is -2.08. The van der Waals surface area contributed by atoms with Crippen molar-refractivity contribution in [2.45, 2.75) is 19.8 Å². The molecule has 0 saturated heterocycles. The number of amides is 1. The number of benzene rings is 1. The number of nitrogens with one attached hydrogen (secondary N) is 2. The molecule has 0 atom stereocenters. The summed E-state index contributed by atoms with van der Waals surface area (Å²) in [4.78, 5) is 11.2. The van der Waals surface area contributed by atoms with Crippen molar-refractivity contribution >= 4 is 17.3 Å². The molecule has 4 heteroatoms. The second-order valence-corrected chi connectivity index (χ2v) is 3.55. The van der Waals surface area contributed by atoms with E-state index in [9.17, 15) is 4.79 Å². The molecule has 88 valence electrons. The van der Waals surface area contributed by atoms with Gasteiger partial charge in [-0.3, -0.25) is 4.79 Å². The largest absolute Gasteiger partial charge is 0.385 e. The maximum Gasteiger partial charge on any atom is 0.224 e. The van der Waals surface area contributed by atoms with Crippen LogP contribution in [0.2, 0.25) is 0 Å². The van der Waals surface area contributed by atoms with Gasteiger partial charge < -0.3 is 16.4 Å². The summed E-state index contributed by atoms with van der Waals surface area (Å²) in [5.74, 6) is 0.0270. The number of hydrogen-bond donors (Lipinski definition) is 3. The standard InChI is InChI=1S/C12H19N3O/c1-2-12(16)15-11-6-3-5-10(9-11)14-8-4-7-13/h3,5-6,9,14H,2,4,7-8,13H2,1H3,(H,15,16). The zero-order valence-corrected chi connectivity index (χ0v) is 9.62. The molecule has 0 fully saturated rings. The topological polar surface area (TPSA) is 67.2 Å². The molecule has 0 aliphatic heterocycles. The minimum absolute atomic E-state index is 0.0270. The van der Waals surface area contributed by atoms with Crippen molar-refractivity contribution in [3.8, 4) is 0 Å². The lowest BCUT2D eigenvalue weighted by atomic mass is 10.2. The summed E-state index contributed by atoms with van der Waals surface area (Å²) in [5.41, 5.74) is 7.24. The van der Waals surface area contributed by atoms with Crippen molar-refractivity contribution in [1.29, 1.82) is 0 Å². The third-order valence-corrected chi connectivity index (χ3v) is 2.18. The maximum atomic E-state index is 11.2. The first-order valence-corrected chi connectivity index (χ1v) is 5.60. The number of hydrogen-bond acceptors (Lipinski definition) is 3. The van der Waals surface area contributed by atoms with E-state index >= 15 is 0 Å². The molecule has 0 bridgehead atoms. The van der Waals surface area contributed by atoms with E-state index in [-0.39, 0.29) is 5.91 Å². The molecule has 0 spiro atoms. The average molecular weight is 221 g/mol. The highest BCUT2D eigenvalue weighted by Gasteiger charge is 1.99. The average Bonchev–Trinajstić information content (AvgIpc) is 2.30. The van der Waals surface area contributed by atoms with Crippen LogP contribution in [0.5, 0.6) is 0 Å². The quantitative estimate of drug-likeness (QED) is 0.642. The monoisotopic (exact) mass is 221 g/mol. The number of rotatable bonds is 6. The first kappa shape index (κ1) is 12.5. The van der Waals surface area contributed by atoms with Gasteiger partial charge in [-0.2, -0.15) is 0 Å². The van der Waals surface area contributed by atoms with E-state index in [1.165, 1.54) is 0 Å². The highest BCUT2D eigenvalue weighted by molar-refractivity contribution is 5.90. The molecule has 4 nitrogen and oxygen atoms in total. The van der Waals surface area contributed by atoms with E-state index in [1.54, 1.807) is 0 Å². The van der Waals surface area contributed by atoms with Gasteiger partial charge in [-0.05, 0) is 31.2 Å². The summed E-state index contributed by atoms with van der Waals surface area (Å²) < 4.78 is 0. The molecule has 0 heterocycles. The summed E-state index contributed by atoms with van der Waals surface area (Å²) in [5, 5.41) is 6.06. The fourth-order valence-electron chi connectivity index (χ4n) is 1.29. The molecule has 1 rings (SSSR count). The lowest BCUT2D eigenvalue weighted by molar-refractivity contribution is -0.115. The molecule has 0 saturated carbocycles. The minimum Gasteiger partial charge on any atom is -0.385 e. The Balaban J connectivity index is 2.53. The van der Waals surface area contributed by atoms with Gasteiger partial charge in [0.15, 0.2) is 0 Å². The van der Waals surface area contributed by atoms with Gasteiger partial charge in [0, 0.05) is 24.3 Å². The first-order valence-electron chi connectivity index (χ1n) is 5.60. The summed E-state index contributed by atoms with van der Waals surface area (Å²) >= 11 is 0. The van der Waals surface area contributed by atoms with E-state index in [4.69, 9.17) is 5.73 Å². The lowest BCUT2D eigenvalue weighted by Crippen LogP contribution is -2.10. The van der Waals surface area contributed by atoms with Crippen molar-refractivity contribution in [3.05, 3.63) is 24.3 Å². The zero-order chi connectivity index (χ0) is 11.8. The van der Waals surface area contributed by atoms with Gasteiger partial charge in [-0.25, -0.2) is 0 Å². The molecule has 0 aromatic heterocycles. The van der Waals surface area contributed by atoms with Gasteiger partial charge >= 0.3 is 0 Å². The van der Waals surface area contributed by atoms with Gasteiger partial charge in [0.05, 0.1) is 0 Å². The SMILES string of the molecule is CCC(=O)Nc1cccc(NCCCN)c1. The second kappa shape index (κ2) is 6.85. The van der Waals surface area contributed by atoms with Crippen molar-refractivity contribution in [3.63, 3.8) is 0 Å². The Labute approximate surface area is 96.2 Å². The van der Waals surface area contributed by atoms with Crippen LogP contribution < -0.4 is 16.4 Å². The van der Waals surface area contributed by atoms with Crippen molar-refractivity contribution in [2.24, 2.45) is 5.73 Å². The number of carbonyl (C=O) groups is 1. The van der Waals surface area contributed by atoms with Gasteiger partial charge in [-0.1, -0.05) is 13.0 Å². The molecular formula is C12H19N3O. The smallest absolute Gasteiger partial charge is 0.224 e. The van der Waals surface area contributed by atoms with E-state index < -0.39 is 0 Å². The Kier molecular flexibility index (Phi) is 5.36. The maximum absolute atomic E-state index is 11.2. The Morgan fingerprint density at radius 2 is 2.12 bits per heavy atom. The molecule has 0 aliphatic rings. The van der Waals surface area contributed by atoms with Crippen molar-refractivity contribution in [2.75, 3.05) is 23.7 Å². The molecule has 0 unspecified atom stereocenters. The van der Waals surface area contributed by atoms with Gasteiger partial charge in [0.1, 0.15) is 0 Å². The van der Waals surface area contributed by atoms with Gasteiger partial charge in [0.2, 0.25) is 5.91 Å². The molecular weight excluding hydrogens is 202 g/mol. The Morgan fingerprint density at radius 3 is 2.81 bits per heavy atom. The first-order chi connectivity index (χ1) is 7.76. The summed E-state index contributed by atoms with van der Waals surface area (Å²) in [6.45, 7) is 3.36. The van der Waals surface area contributed by atoms with Crippen molar-refractivity contribution in [1.82, 2.24) is 0 Å². The number of carbonyl (C=O) groups excluding carboxylic acids is 1. The third kappa shape index (κ3) is 4.31. The molecule has 0 radical (unpaired) electrons. The van der Waals surface area contributed by atoms with E-state index in [0.717, 1.165) is 24.3 Å². The molecule has 0 aliphatic carbocycles. The fourth-order valence-corrected chi connectivity index (χ4v) is 1.29. The molecule has 1 aromatic carbocycles. The van der Waals surface area contributed by atoms with Crippen LogP contribution in [0.25, 0.3) is 0 Å². The second-order valence-electron chi connectivity index (χ2n) is 3.55. The normalized spacial score (nSPS) is 9.88. The van der Waals surface area contributed by atoms with Gasteiger partial charge in [0.25, 0.3) is 0 Å². The zero-order valence-electron chi connectivity index (χ0n) is 9.62.